The number of anilines is 2. The minimum absolute atomic E-state index is 0.0313. The maximum absolute atomic E-state index is 9.86. The third-order valence-corrected chi connectivity index (χ3v) is 3.94. The lowest BCUT2D eigenvalue weighted by molar-refractivity contribution is 0.426. The quantitative estimate of drug-likeness (QED) is 0.421. The van der Waals surface area contributed by atoms with Crippen LogP contribution in [0.15, 0.2) is 30.6 Å². The van der Waals surface area contributed by atoms with Crippen LogP contribution < -0.4 is 16.2 Å². The fourth-order valence-corrected chi connectivity index (χ4v) is 2.49. The van der Waals surface area contributed by atoms with Gasteiger partial charge in [0.15, 0.2) is 11.6 Å². The van der Waals surface area contributed by atoms with Crippen molar-refractivity contribution >= 4 is 11.8 Å². The molecule has 0 aliphatic heterocycles. The second-order valence-corrected chi connectivity index (χ2v) is 6.45. The van der Waals surface area contributed by atoms with Gasteiger partial charge in [0, 0.05) is 30.0 Å². The van der Waals surface area contributed by atoms with Crippen molar-refractivity contribution < 1.29 is 20.1 Å². The van der Waals surface area contributed by atoms with Crippen LogP contribution >= 0.6 is 0 Å². The monoisotopic (exact) mass is 393 g/mol. The van der Waals surface area contributed by atoms with E-state index in [0.717, 1.165) is 17.7 Å². The van der Waals surface area contributed by atoms with Crippen LogP contribution in [0.25, 0.3) is 0 Å². The number of hydrogen-bond acceptors (Lipinski definition) is 9. The Morgan fingerprint density at radius 2 is 1.62 bits per heavy atom. The number of aromatic hydroxyl groups is 3. The molecule has 2 heterocycles. The van der Waals surface area contributed by atoms with Gasteiger partial charge in [0.1, 0.15) is 34.3 Å². The molecule has 0 amide bonds. The second-order valence-electron chi connectivity index (χ2n) is 6.45. The zero-order valence-electron chi connectivity index (χ0n) is 15.7. The maximum Gasteiger partial charge on any atom is 0.222 e. The van der Waals surface area contributed by atoms with Gasteiger partial charge in [-0.05, 0) is 11.8 Å². The molecular formula is C20H19N5O4. The summed E-state index contributed by atoms with van der Waals surface area (Å²) in [7, 11) is 0. The number of aromatic nitrogens is 3. The van der Waals surface area contributed by atoms with E-state index in [-0.39, 0.29) is 46.2 Å². The van der Waals surface area contributed by atoms with Crippen molar-refractivity contribution in [2.45, 2.75) is 19.8 Å². The molecule has 148 valence electrons. The molecule has 0 saturated carbocycles. The highest BCUT2D eigenvalue weighted by Crippen LogP contribution is 2.33. The van der Waals surface area contributed by atoms with Crippen molar-refractivity contribution in [3.63, 3.8) is 0 Å². The summed E-state index contributed by atoms with van der Waals surface area (Å²) in [6.07, 6.45) is 3.00. The van der Waals surface area contributed by atoms with Crippen LogP contribution in [0.4, 0.5) is 11.8 Å². The van der Waals surface area contributed by atoms with E-state index in [0.29, 0.717) is 11.4 Å². The number of nitrogens with zero attached hydrogens (tertiary/aromatic N) is 3. The minimum atomic E-state index is -0.350. The van der Waals surface area contributed by atoms with Gasteiger partial charge in [-0.1, -0.05) is 19.8 Å². The standard InChI is InChI=1S/C20H19N5O4/c1-10(2)14-8-23-11(3-4-13-15(27)6-12(26)7-16(13)28)5-17(14)29-18-9-24-20(22)25-19(18)21/h5-10,26-28H,1-2H3,(H4,21,22,24,25). The molecular weight excluding hydrogens is 374 g/mol. The molecule has 0 radical (unpaired) electrons. The van der Waals surface area contributed by atoms with E-state index in [1.807, 2.05) is 13.8 Å². The van der Waals surface area contributed by atoms with Crippen molar-refractivity contribution in [2.75, 3.05) is 11.5 Å². The van der Waals surface area contributed by atoms with Crippen LogP contribution in [-0.2, 0) is 0 Å². The third kappa shape index (κ3) is 4.39. The summed E-state index contributed by atoms with van der Waals surface area (Å²) in [5, 5.41) is 29.1. The Morgan fingerprint density at radius 1 is 0.931 bits per heavy atom. The number of phenolic OH excluding ortho intramolecular Hbond substituents is 3. The number of phenols is 3. The summed E-state index contributed by atoms with van der Waals surface area (Å²) in [5.41, 5.74) is 12.4. The average molecular weight is 393 g/mol. The Balaban J connectivity index is 2.00. The molecule has 3 aromatic rings. The van der Waals surface area contributed by atoms with E-state index in [1.165, 1.54) is 6.20 Å². The van der Waals surface area contributed by atoms with Gasteiger partial charge in [-0.25, -0.2) is 9.97 Å². The number of hydrogen-bond donors (Lipinski definition) is 5. The van der Waals surface area contributed by atoms with Gasteiger partial charge in [-0.3, -0.25) is 0 Å². The van der Waals surface area contributed by atoms with Crippen molar-refractivity contribution in [3.8, 4) is 40.6 Å². The number of pyridine rings is 1. The first-order valence-electron chi connectivity index (χ1n) is 8.57. The third-order valence-electron chi connectivity index (χ3n) is 3.94. The molecule has 0 atom stereocenters. The van der Waals surface area contributed by atoms with Crippen molar-refractivity contribution in [1.29, 1.82) is 0 Å². The molecule has 29 heavy (non-hydrogen) atoms. The molecule has 3 rings (SSSR count). The van der Waals surface area contributed by atoms with Gasteiger partial charge in [0.2, 0.25) is 5.95 Å². The SMILES string of the molecule is CC(C)c1cnc(C#Cc2c(O)cc(O)cc2O)cc1Oc1cnc(N)nc1N. The number of ether oxygens (including phenoxy) is 1. The van der Waals surface area contributed by atoms with E-state index >= 15 is 0 Å². The highest BCUT2D eigenvalue weighted by atomic mass is 16.5. The lowest BCUT2D eigenvalue weighted by Crippen LogP contribution is -2.03. The topological polar surface area (TPSA) is 161 Å². The Bertz CT molecular complexity index is 1110. The summed E-state index contributed by atoms with van der Waals surface area (Å²) in [6.45, 7) is 3.95. The van der Waals surface area contributed by atoms with Gasteiger partial charge >= 0.3 is 0 Å². The zero-order valence-corrected chi connectivity index (χ0v) is 15.7. The Morgan fingerprint density at radius 3 is 2.24 bits per heavy atom. The molecule has 0 bridgehead atoms. The van der Waals surface area contributed by atoms with Gasteiger partial charge in [-0.2, -0.15) is 4.98 Å². The second kappa shape index (κ2) is 7.82. The van der Waals surface area contributed by atoms with E-state index in [4.69, 9.17) is 16.2 Å². The van der Waals surface area contributed by atoms with Crippen LogP contribution in [0, 0.1) is 11.8 Å². The number of benzene rings is 1. The van der Waals surface area contributed by atoms with Crippen molar-refractivity contribution in [3.05, 3.63) is 47.4 Å². The van der Waals surface area contributed by atoms with E-state index < -0.39 is 0 Å². The molecule has 9 nitrogen and oxygen atoms in total. The summed E-state index contributed by atoms with van der Waals surface area (Å²) in [5.74, 6) is 5.34. The number of rotatable bonds is 3. The predicted octanol–water partition coefficient (Wildman–Crippen LogP) is 2.47. The van der Waals surface area contributed by atoms with Gasteiger partial charge in [0.05, 0.1) is 6.20 Å². The first-order chi connectivity index (χ1) is 13.7. The van der Waals surface area contributed by atoms with Crippen LogP contribution in [0.1, 0.15) is 36.6 Å². The van der Waals surface area contributed by atoms with Crippen LogP contribution in [0.2, 0.25) is 0 Å². The molecule has 0 spiro atoms. The van der Waals surface area contributed by atoms with Gasteiger partial charge in [-0.15, -0.1) is 0 Å². The number of nitrogen functional groups attached to an aromatic ring is 2. The summed E-state index contributed by atoms with van der Waals surface area (Å²) >= 11 is 0. The smallest absolute Gasteiger partial charge is 0.222 e. The minimum Gasteiger partial charge on any atom is -0.508 e. The molecule has 0 unspecified atom stereocenters. The summed E-state index contributed by atoms with van der Waals surface area (Å²) in [4.78, 5) is 12.0. The van der Waals surface area contributed by atoms with E-state index in [9.17, 15) is 15.3 Å². The Hall–Kier alpha value is -4.19. The van der Waals surface area contributed by atoms with E-state index in [1.54, 1.807) is 12.3 Å². The molecule has 0 aliphatic rings. The van der Waals surface area contributed by atoms with Crippen LogP contribution in [0.3, 0.4) is 0 Å². The van der Waals surface area contributed by atoms with Crippen molar-refractivity contribution in [2.24, 2.45) is 0 Å². The normalized spacial score (nSPS) is 10.4. The highest BCUT2D eigenvalue weighted by Gasteiger charge is 2.13. The van der Waals surface area contributed by atoms with Crippen LogP contribution in [0.5, 0.6) is 28.7 Å². The maximum atomic E-state index is 9.86. The lowest BCUT2D eigenvalue weighted by atomic mass is 10.0. The zero-order chi connectivity index (χ0) is 21.1. The van der Waals surface area contributed by atoms with E-state index in [2.05, 4.69) is 26.8 Å². The molecule has 0 saturated heterocycles. The molecule has 2 aromatic heterocycles. The largest absolute Gasteiger partial charge is 0.508 e. The highest BCUT2D eigenvalue weighted by molar-refractivity contribution is 5.59. The van der Waals surface area contributed by atoms with Crippen LogP contribution in [-0.4, -0.2) is 30.3 Å². The first kappa shape index (κ1) is 19.6. The Labute approximate surface area is 166 Å². The molecule has 9 heteroatoms. The van der Waals surface area contributed by atoms with Gasteiger partial charge < -0.3 is 31.5 Å². The summed E-state index contributed by atoms with van der Waals surface area (Å²) < 4.78 is 5.87. The molecule has 0 fully saturated rings. The lowest BCUT2D eigenvalue weighted by Gasteiger charge is -2.14. The van der Waals surface area contributed by atoms with Gasteiger partial charge in [0.25, 0.3) is 0 Å². The predicted molar refractivity (Wildman–Crippen MR) is 107 cm³/mol. The summed E-state index contributed by atoms with van der Waals surface area (Å²) in [6, 6.07) is 3.77. The number of nitrogens with two attached hydrogens (primary N) is 2. The van der Waals surface area contributed by atoms with Crippen molar-refractivity contribution in [1.82, 2.24) is 15.0 Å². The molecule has 7 N–H and O–H groups in total. The molecule has 1 aromatic carbocycles. The average Bonchev–Trinajstić information content (AvgIpc) is 2.63. The fourth-order valence-electron chi connectivity index (χ4n) is 2.49. The molecule has 0 aliphatic carbocycles. The Kier molecular flexibility index (Phi) is 5.27. The fraction of sp³-hybridized carbons (Fsp3) is 0.150. The first-order valence-corrected chi connectivity index (χ1v) is 8.57.